The Bertz CT molecular complexity index is 208. The van der Waals surface area contributed by atoms with E-state index in [0.29, 0.717) is 11.7 Å². The molecule has 68 valence electrons. The Morgan fingerprint density at radius 3 is 2.42 bits per heavy atom. The van der Waals surface area contributed by atoms with Crippen LogP contribution in [0.2, 0.25) is 0 Å². The van der Waals surface area contributed by atoms with Crippen LogP contribution in [-0.2, 0) is 4.79 Å². The van der Waals surface area contributed by atoms with Gasteiger partial charge in [-0.3, -0.25) is 4.79 Å². The first-order chi connectivity index (χ1) is 5.41. The molecule has 1 aliphatic rings. The highest BCUT2D eigenvalue weighted by Crippen LogP contribution is 2.34. The topological polar surface area (TPSA) is 17.1 Å². The first-order valence-corrected chi connectivity index (χ1v) is 4.63. The molecule has 0 N–H and O–H groups in total. The maximum atomic E-state index is 11.5. The number of hydrogen-bond acceptors (Lipinski definition) is 1. The van der Waals surface area contributed by atoms with Gasteiger partial charge in [0.2, 0.25) is 0 Å². The van der Waals surface area contributed by atoms with Crippen LogP contribution in [0, 0.1) is 17.3 Å². The summed E-state index contributed by atoms with van der Waals surface area (Å²) in [6.45, 7) is 8.59. The molecule has 2 atom stereocenters. The van der Waals surface area contributed by atoms with Gasteiger partial charge < -0.3 is 0 Å². The maximum absolute atomic E-state index is 11.5. The minimum Gasteiger partial charge on any atom is -0.295 e. The molecule has 0 aliphatic heterocycles. The van der Waals surface area contributed by atoms with Crippen LogP contribution < -0.4 is 0 Å². The van der Waals surface area contributed by atoms with Crippen molar-refractivity contribution in [2.24, 2.45) is 17.3 Å². The first kappa shape index (κ1) is 9.50. The Labute approximate surface area is 74.9 Å². The minimum atomic E-state index is 0.121. The van der Waals surface area contributed by atoms with Crippen LogP contribution >= 0.6 is 0 Å². The molecular weight excluding hydrogens is 148 g/mol. The highest BCUT2D eigenvalue weighted by molar-refractivity contribution is 5.93. The smallest absolute Gasteiger partial charge is 0.158 e. The van der Waals surface area contributed by atoms with E-state index in [0.717, 1.165) is 6.42 Å². The molecule has 12 heavy (non-hydrogen) atoms. The molecule has 1 heteroatoms. The maximum Gasteiger partial charge on any atom is 0.158 e. The molecule has 0 aromatic rings. The van der Waals surface area contributed by atoms with Gasteiger partial charge in [-0.2, -0.15) is 0 Å². The average Bonchev–Trinajstić information content (AvgIpc) is 1.92. The summed E-state index contributed by atoms with van der Waals surface area (Å²) in [6, 6.07) is 0. The third-order valence-electron chi connectivity index (χ3n) is 2.59. The lowest BCUT2D eigenvalue weighted by molar-refractivity contribution is -0.122. The molecule has 1 rings (SSSR count). The van der Waals surface area contributed by atoms with E-state index < -0.39 is 0 Å². The van der Waals surface area contributed by atoms with Crippen molar-refractivity contribution >= 4 is 5.78 Å². The van der Waals surface area contributed by atoms with Gasteiger partial charge >= 0.3 is 0 Å². The van der Waals surface area contributed by atoms with Gasteiger partial charge in [-0.25, -0.2) is 0 Å². The number of carbonyl (C=O) groups is 1. The number of carbonyl (C=O) groups excluding carboxylic acids is 1. The van der Waals surface area contributed by atoms with Crippen LogP contribution in [-0.4, -0.2) is 5.78 Å². The molecule has 0 radical (unpaired) electrons. The monoisotopic (exact) mass is 166 g/mol. The zero-order valence-electron chi connectivity index (χ0n) is 8.42. The van der Waals surface area contributed by atoms with Gasteiger partial charge in [0.25, 0.3) is 0 Å². The van der Waals surface area contributed by atoms with E-state index >= 15 is 0 Å². The zero-order chi connectivity index (χ0) is 9.35. The van der Waals surface area contributed by atoms with Crippen LogP contribution in [0.1, 0.15) is 34.1 Å². The average molecular weight is 166 g/mol. The van der Waals surface area contributed by atoms with Crippen LogP contribution in [0.3, 0.4) is 0 Å². The van der Waals surface area contributed by atoms with Crippen molar-refractivity contribution in [1.29, 1.82) is 0 Å². The van der Waals surface area contributed by atoms with Crippen molar-refractivity contribution < 1.29 is 4.79 Å². The molecule has 0 heterocycles. The largest absolute Gasteiger partial charge is 0.295 e. The number of hydrogen-bond donors (Lipinski definition) is 0. The lowest BCUT2D eigenvalue weighted by Gasteiger charge is -2.32. The van der Waals surface area contributed by atoms with Gasteiger partial charge in [0.05, 0.1) is 0 Å². The lowest BCUT2D eigenvalue weighted by atomic mass is 9.71. The number of rotatable bonds is 0. The minimum absolute atomic E-state index is 0.121. The predicted octanol–water partition coefficient (Wildman–Crippen LogP) is 2.81. The quantitative estimate of drug-likeness (QED) is 0.541. The van der Waals surface area contributed by atoms with E-state index in [1.807, 2.05) is 6.08 Å². The van der Waals surface area contributed by atoms with Crippen LogP contribution in [0.15, 0.2) is 12.2 Å². The summed E-state index contributed by atoms with van der Waals surface area (Å²) in [5.41, 5.74) is 0.121. The van der Waals surface area contributed by atoms with Gasteiger partial charge in [-0.1, -0.05) is 33.8 Å². The second-order valence-electron chi connectivity index (χ2n) is 4.89. The summed E-state index contributed by atoms with van der Waals surface area (Å²) in [7, 11) is 0. The molecule has 1 aliphatic carbocycles. The molecule has 0 aromatic carbocycles. The highest BCUT2D eigenvalue weighted by Gasteiger charge is 2.32. The van der Waals surface area contributed by atoms with E-state index in [1.165, 1.54) is 0 Å². The number of allylic oxidation sites excluding steroid dienone is 2. The summed E-state index contributed by atoms with van der Waals surface area (Å²) in [4.78, 5) is 11.5. The zero-order valence-corrected chi connectivity index (χ0v) is 8.42. The van der Waals surface area contributed by atoms with Crippen molar-refractivity contribution in [3.63, 3.8) is 0 Å². The molecule has 0 bridgehead atoms. The second kappa shape index (κ2) is 3.04. The summed E-state index contributed by atoms with van der Waals surface area (Å²) >= 11 is 0. The van der Waals surface area contributed by atoms with Gasteiger partial charge in [-0.15, -0.1) is 0 Å². The van der Waals surface area contributed by atoms with E-state index in [-0.39, 0.29) is 11.3 Å². The fraction of sp³-hybridized carbons (Fsp3) is 0.727. The van der Waals surface area contributed by atoms with Crippen LogP contribution in [0.25, 0.3) is 0 Å². The van der Waals surface area contributed by atoms with Crippen molar-refractivity contribution in [1.82, 2.24) is 0 Å². The molecule has 0 saturated carbocycles. The van der Waals surface area contributed by atoms with Crippen molar-refractivity contribution in [2.75, 3.05) is 0 Å². The fourth-order valence-electron chi connectivity index (χ4n) is 1.72. The molecule has 0 spiro atoms. The third kappa shape index (κ3) is 1.96. The van der Waals surface area contributed by atoms with Crippen molar-refractivity contribution in [2.45, 2.75) is 34.1 Å². The molecule has 0 unspecified atom stereocenters. The Kier molecular flexibility index (Phi) is 2.41. The summed E-state index contributed by atoms with van der Waals surface area (Å²) in [6.07, 6.45) is 4.79. The first-order valence-electron chi connectivity index (χ1n) is 4.63. The summed E-state index contributed by atoms with van der Waals surface area (Å²) in [5, 5.41) is 0. The summed E-state index contributed by atoms with van der Waals surface area (Å²) < 4.78 is 0. The molecule has 0 amide bonds. The van der Waals surface area contributed by atoms with E-state index in [2.05, 4.69) is 27.7 Å². The third-order valence-corrected chi connectivity index (χ3v) is 2.59. The molecule has 0 aromatic heterocycles. The SMILES string of the molecule is C[C@@H]1C=CC(=O)[C@H](C(C)(C)C)C1. The van der Waals surface area contributed by atoms with E-state index in [9.17, 15) is 4.79 Å². The predicted molar refractivity (Wildman–Crippen MR) is 50.9 cm³/mol. The van der Waals surface area contributed by atoms with Crippen molar-refractivity contribution in [3.05, 3.63) is 12.2 Å². The van der Waals surface area contributed by atoms with Gasteiger partial charge in [0.1, 0.15) is 0 Å². The molecule has 0 saturated heterocycles. The Balaban J connectivity index is 2.80. The Hall–Kier alpha value is -0.590. The molecule has 1 nitrogen and oxygen atoms in total. The number of ketones is 1. The van der Waals surface area contributed by atoms with Gasteiger partial charge in [-0.05, 0) is 23.8 Å². The van der Waals surface area contributed by atoms with Crippen LogP contribution in [0.5, 0.6) is 0 Å². The fourth-order valence-corrected chi connectivity index (χ4v) is 1.72. The normalized spacial score (nSPS) is 30.8. The van der Waals surface area contributed by atoms with Gasteiger partial charge in [0.15, 0.2) is 5.78 Å². The van der Waals surface area contributed by atoms with Crippen molar-refractivity contribution in [3.8, 4) is 0 Å². The molecule has 0 fully saturated rings. The van der Waals surface area contributed by atoms with Crippen LogP contribution in [0.4, 0.5) is 0 Å². The van der Waals surface area contributed by atoms with Gasteiger partial charge in [0, 0.05) is 5.92 Å². The Morgan fingerprint density at radius 1 is 1.42 bits per heavy atom. The standard InChI is InChI=1S/C11H18O/c1-8-5-6-10(12)9(7-8)11(2,3)4/h5-6,8-9H,7H2,1-4H3/t8-,9-/m1/s1. The lowest BCUT2D eigenvalue weighted by Crippen LogP contribution is -2.31. The Morgan fingerprint density at radius 2 is 2.00 bits per heavy atom. The highest BCUT2D eigenvalue weighted by atomic mass is 16.1. The van der Waals surface area contributed by atoms with E-state index in [4.69, 9.17) is 0 Å². The second-order valence-corrected chi connectivity index (χ2v) is 4.89. The molecular formula is C11H18O. The summed E-state index contributed by atoms with van der Waals surface area (Å²) in [5.74, 6) is 1.09. The van der Waals surface area contributed by atoms with E-state index in [1.54, 1.807) is 6.08 Å².